The molecule has 0 spiro atoms. The number of rotatable bonds is 3. The van der Waals surface area contributed by atoms with Crippen molar-refractivity contribution in [1.29, 1.82) is 0 Å². The quantitative estimate of drug-likeness (QED) is 0.845. The Morgan fingerprint density at radius 3 is 3.00 bits per heavy atom. The van der Waals surface area contributed by atoms with Gasteiger partial charge in [-0.15, -0.1) is 11.3 Å². The Bertz CT molecular complexity index is 444. The number of carbonyl (C=O) groups is 2. The molecule has 0 aliphatic carbocycles. The maximum Gasteiger partial charge on any atom is 0.226 e. The minimum absolute atomic E-state index is 0.0558. The van der Waals surface area contributed by atoms with E-state index in [1.54, 1.807) is 11.9 Å². The number of hydrogen-bond acceptors (Lipinski definition) is 4. The van der Waals surface area contributed by atoms with Gasteiger partial charge in [0.25, 0.3) is 0 Å². The number of hydrogen-bond donors (Lipinski definition) is 1. The van der Waals surface area contributed by atoms with E-state index in [0.717, 1.165) is 10.7 Å². The lowest BCUT2D eigenvalue weighted by atomic mass is 10.2. The van der Waals surface area contributed by atoms with Gasteiger partial charge in [0.15, 0.2) is 0 Å². The van der Waals surface area contributed by atoms with Crippen LogP contribution < -0.4 is 5.32 Å². The number of likely N-dealkylation sites (tertiary alicyclic amines) is 1. The van der Waals surface area contributed by atoms with E-state index in [1.165, 1.54) is 11.3 Å². The number of nitrogens with zero attached hydrogens (tertiary/aromatic N) is 2. The van der Waals surface area contributed by atoms with Crippen molar-refractivity contribution in [3.05, 3.63) is 16.1 Å². The Labute approximate surface area is 104 Å². The van der Waals surface area contributed by atoms with Gasteiger partial charge in [-0.3, -0.25) is 9.59 Å². The highest BCUT2D eigenvalue weighted by Crippen LogP contribution is 2.10. The Morgan fingerprint density at radius 2 is 2.47 bits per heavy atom. The van der Waals surface area contributed by atoms with Crippen LogP contribution in [0.4, 0.5) is 0 Å². The molecular weight excluding hydrogens is 238 g/mol. The number of aromatic nitrogens is 1. The molecule has 1 aromatic heterocycles. The fourth-order valence-electron chi connectivity index (χ4n) is 1.89. The van der Waals surface area contributed by atoms with Crippen LogP contribution >= 0.6 is 11.3 Å². The van der Waals surface area contributed by atoms with E-state index in [2.05, 4.69) is 10.3 Å². The first kappa shape index (κ1) is 12.0. The van der Waals surface area contributed by atoms with Gasteiger partial charge >= 0.3 is 0 Å². The maximum atomic E-state index is 11.7. The van der Waals surface area contributed by atoms with Crippen molar-refractivity contribution in [2.45, 2.75) is 25.8 Å². The topological polar surface area (TPSA) is 62.3 Å². The van der Waals surface area contributed by atoms with E-state index in [9.17, 15) is 9.59 Å². The van der Waals surface area contributed by atoms with E-state index in [-0.39, 0.29) is 17.9 Å². The summed E-state index contributed by atoms with van der Waals surface area (Å²) in [5, 5.41) is 5.71. The van der Waals surface area contributed by atoms with Gasteiger partial charge in [0.1, 0.15) is 0 Å². The molecule has 92 valence electrons. The Morgan fingerprint density at radius 1 is 1.71 bits per heavy atom. The maximum absolute atomic E-state index is 11.7. The van der Waals surface area contributed by atoms with Crippen molar-refractivity contribution >= 4 is 23.2 Å². The fourth-order valence-corrected chi connectivity index (χ4v) is 2.51. The van der Waals surface area contributed by atoms with Crippen molar-refractivity contribution in [3.63, 3.8) is 0 Å². The fraction of sp³-hybridized carbons (Fsp3) is 0.545. The molecule has 1 unspecified atom stereocenters. The van der Waals surface area contributed by atoms with Crippen LogP contribution in [0.15, 0.2) is 5.38 Å². The van der Waals surface area contributed by atoms with E-state index in [1.807, 2.05) is 12.3 Å². The SMILES string of the molecule is Cc1nc(CC(=O)NC2CC(=O)N(C)C2)cs1. The third-order valence-electron chi connectivity index (χ3n) is 2.71. The molecule has 5 nitrogen and oxygen atoms in total. The highest BCUT2D eigenvalue weighted by atomic mass is 32.1. The van der Waals surface area contributed by atoms with Gasteiger partial charge < -0.3 is 10.2 Å². The monoisotopic (exact) mass is 253 g/mol. The van der Waals surface area contributed by atoms with Gasteiger partial charge in [0.2, 0.25) is 11.8 Å². The molecular formula is C11H15N3O2S. The second-order valence-electron chi connectivity index (χ2n) is 4.28. The molecule has 2 heterocycles. The van der Waals surface area contributed by atoms with Crippen LogP contribution in [0, 0.1) is 6.92 Å². The molecule has 17 heavy (non-hydrogen) atoms. The number of carbonyl (C=O) groups excluding carboxylic acids is 2. The Kier molecular flexibility index (Phi) is 3.42. The third kappa shape index (κ3) is 3.03. The first-order valence-electron chi connectivity index (χ1n) is 5.49. The summed E-state index contributed by atoms with van der Waals surface area (Å²) in [6.07, 6.45) is 0.692. The lowest BCUT2D eigenvalue weighted by molar-refractivity contribution is -0.126. The number of amides is 2. The van der Waals surface area contributed by atoms with Crippen LogP contribution in [-0.4, -0.2) is 41.3 Å². The Balaban J connectivity index is 1.84. The van der Waals surface area contributed by atoms with Gasteiger partial charge in [-0.25, -0.2) is 4.98 Å². The summed E-state index contributed by atoms with van der Waals surface area (Å²) in [5.41, 5.74) is 0.794. The van der Waals surface area contributed by atoms with Crippen LogP contribution in [0.25, 0.3) is 0 Å². The lowest BCUT2D eigenvalue weighted by Crippen LogP contribution is -2.37. The van der Waals surface area contributed by atoms with Gasteiger partial charge in [0, 0.05) is 25.4 Å². The molecule has 1 N–H and O–H groups in total. The molecule has 0 saturated carbocycles. The zero-order valence-electron chi connectivity index (χ0n) is 9.90. The Hall–Kier alpha value is -1.43. The van der Waals surface area contributed by atoms with Crippen LogP contribution in [0.2, 0.25) is 0 Å². The summed E-state index contributed by atoms with van der Waals surface area (Å²) in [5.74, 6) is 0.0169. The van der Waals surface area contributed by atoms with Crippen molar-refractivity contribution in [2.75, 3.05) is 13.6 Å². The molecule has 0 aromatic carbocycles. The highest BCUT2D eigenvalue weighted by molar-refractivity contribution is 7.09. The normalized spacial score (nSPS) is 19.8. The molecule has 2 amide bonds. The van der Waals surface area contributed by atoms with Crippen molar-refractivity contribution in [2.24, 2.45) is 0 Å². The van der Waals surface area contributed by atoms with Crippen LogP contribution in [-0.2, 0) is 16.0 Å². The van der Waals surface area contributed by atoms with Crippen LogP contribution in [0.3, 0.4) is 0 Å². The molecule has 0 bridgehead atoms. The highest BCUT2D eigenvalue weighted by Gasteiger charge is 2.27. The van der Waals surface area contributed by atoms with Gasteiger partial charge in [-0.05, 0) is 6.92 Å². The van der Waals surface area contributed by atoms with Crippen LogP contribution in [0.5, 0.6) is 0 Å². The summed E-state index contributed by atoms with van der Waals surface area (Å²) >= 11 is 1.54. The van der Waals surface area contributed by atoms with E-state index in [0.29, 0.717) is 19.4 Å². The third-order valence-corrected chi connectivity index (χ3v) is 3.54. The number of aryl methyl sites for hydroxylation is 1. The van der Waals surface area contributed by atoms with Gasteiger partial charge in [-0.1, -0.05) is 0 Å². The number of thiazole rings is 1. The van der Waals surface area contributed by atoms with Crippen LogP contribution in [0.1, 0.15) is 17.1 Å². The molecule has 1 aliphatic heterocycles. The molecule has 1 aromatic rings. The average Bonchev–Trinajstić information content (AvgIpc) is 2.75. The van der Waals surface area contributed by atoms with E-state index in [4.69, 9.17) is 0 Å². The number of nitrogens with one attached hydrogen (secondary N) is 1. The minimum atomic E-state index is -0.0663. The van der Waals surface area contributed by atoms with Gasteiger partial charge in [-0.2, -0.15) is 0 Å². The predicted octanol–water partition coefficient (Wildman–Crippen LogP) is 0.341. The van der Waals surface area contributed by atoms with E-state index >= 15 is 0 Å². The summed E-state index contributed by atoms with van der Waals surface area (Å²) in [6.45, 7) is 2.51. The molecule has 1 saturated heterocycles. The summed E-state index contributed by atoms with van der Waals surface area (Å²) in [7, 11) is 1.75. The minimum Gasteiger partial charge on any atom is -0.351 e. The molecule has 1 atom stereocenters. The lowest BCUT2D eigenvalue weighted by Gasteiger charge is -2.11. The number of likely N-dealkylation sites (N-methyl/N-ethyl adjacent to an activating group) is 1. The van der Waals surface area contributed by atoms with Crippen molar-refractivity contribution < 1.29 is 9.59 Å². The second kappa shape index (κ2) is 4.83. The van der Waals surface area contributed by atoms with E-state index < -0.39 is 0 Å². The average molecular weight is 253 g/mol. The first-order chi connectivity index (χ1) is 8.04. The van der Waals surface area contributed by atoms with Crippen molar-refractivity contribution in [3.8, 4) is 0 Å². The summed E-state index contributed by atoms with van der Waals surface area (Å²) in [6, 6.07) is -0.0558. The van der Waals surface area contributed by atoms with Gasteiger partial charge in [0.05, 0.1) is 23.2 Å². The zero-order chi connectivity index (χ0) is 12.4. The predicted molar refractivity (Wildman–Crippen MR) is 64.7 cm³/mol. The van der Waals surface area contributed by atoms with Crippen molar-refractivity contribution in [1.82, 2.24) is 15.2 Å². The largest absolute Gasteiger partial charge is 0.351 e. The smallest absolute Gasteiger partial charge is 0.226 e. The molecule has 1 fully saturated rings. The first-order valence-corrected chi connectivity index (χ1v) is 6.37. The molecule has 6 heteroatoms. The summed E-state index contributed by atoms with van der Waals surface area (Å²) in [4.78, 5) is 28.9. The molecule has 0 radical (unpaired) electrons. The zero-order valence-corrected chi connectivity index (χ0v) is 10.7. The summed E-state index contributed by atoms with van der Waals surface area (Å²) < 4.78 is 0. The molecule has 1 aliphatic rings. The second-order valence-corrected chi connectivity index (χ2v) is 5.34. The molecule has 2 rings (SSSR count). The standard InChI is InChI=1S/C11H15N3O2S/c1-7-12-9(6-17-7)3-10(15)13-8-4-11(16)14(2)5-8/h6,8H,3-5H2,1-2H3,(H,13,15).